The first-order valence-corrected chi connectivity index (χ1v) is 17.9. The first-order valence-electron chi connectivity index (χ1n) is 17.9. The largest absolute Gasteiger partial charge is 0.347 e. The Morgan fingerprint density at radius 3 is 1.64 bits per heavy atom. The van der Waals surface area contributed by atoms with Gasteiger partial charge < -0.3 is 18.9 Å². The minimum absolute atomic E-state index is 0.0123. The summed E-state index contributed by atoms with van der Waals surface area (Å²) < 4.78 is 17.7. The van der Waals surface area contributed by atoms with Crippen molar-refractivity contribution in [3.05, 3.63) is 143 Å². The second-order valence-electron chi connectivity index (χ2n) is 13.6. The van der Waals surface area contributed by atoms with E-state index >= 15 is 0 Å². The molecule has 8 rings (SSSR count). The highest BCUT2D eigenvalue weighted by Gasteiger charge is 2.31. The molecule has 2 aliphatic heterocycles. The zero-order chi connectivity index (χ0) is 34.8. The number of carbonyl (C=O) groups excluding carboxylic acids is 2. The average molecular weight is 669 g/mol. The van der Waals surface area contributed by atoms with Gasteiger partial charge in [0.15, 0.2) is 0 Å². The van der Waals surface area contributed by atoms with Crippen LogP contribution in [0.4, 0.5) is 4.39 Å². The molecule has 6 aromatic rings. The Kier molecular flexibility index (Phi) is 9.57. The van der Waals surface area contributed by atoms with Crippen LogP contribution in [0, 0.1) is 12.7 Å². The number of nitrogens with zero attached hydrogens (tertiary/aromatic N) is 4. The van der Waals surface area contributed by atoms with Crippen molar-refractivity contribution in [2.75, 3.05) is 26.2 Å². The summed E-state index contributed by atoms with van der Waals surface area (Å²) in [6.45, 7) is 11.4. The molecule has 2 aliphatic rings. The number of rotatable bonds is 6. The van der Waals surface area contributed by atoms with Crippen molar-refractivity contribution in [1.82, 2.24) is 18.9 Å². The van der Waals surface area contributed by atoms with E-state index in [-0.39, 0.29) is 17.6 Å². The molecule has 7 heteroatoms. The lowest BCUT2D eigenvalue weighted by Gasteiger charge is -2.17. The standard InChI is InChI=1S/C22H24N2O.C21H21FN2O/c1-3-23-15-20(19-10-6-7-11-21(19)23)17-12-13-24(14-17)22(25)18-9-5-4-8-16(18)2;1-2-23-14-19(18-5-3-4-6-20(18)23)16-11-12-24(13-16)21(25)15-7-9-17(22)10-8-15/h4-11,15,17H,3,12-14H2,1-2H3;3-10,14,16H,2,11-13H2,1H3. The molecular formula is C43H45FN4O2. The van der Waals surface area contributed by atoms with Crippen molar-refractivity contribution in [3.63, 3.8) is 0 Å². The third-order valence-electron chi connectivity index (χ3n) is 10.6. The van der Waals surface area contributed by atoms with E-state index < -0.39 is 0 Å². The number of hydrogen-bond acceptors (Lipinski definition) is 2. The van der Waals surface area contributed by atoms with E-state index in [9.17, 15) is 14.0 Å². The van der Waals surface area contributed by atoms with E-state index in [1.807, 2.05) is 41.0 Å². The smallest absolute Gasteiger partial charge is 0.254 e. The molecule has 0 aliphatic carbocycles. The molecule has 0 radical (unpaired) electrons. The Labute approximate surface area is 293 Å². The van der Waals surface area contributed by atoms with Gasteiger partial charge in [0.25, 0.3) is 11.8 Å². The topological polar surface area (TPSA) is 50.5 Å². The Morgan fingerprint density at radius 2 is 1.12 bits per heavy atom. The molecule has 0 bridgehead atoms. The predicted octanol–water partition coefficient (Wildman–Crippen LogP) is 9.03. The van der Waals surface area contributed by atoms with Crippen molar-refractivity contribution < 1.29 is 14.0 Å². The molecule has 2 unspecified atom stereocenters. The molecular weight excluding hydrogens is 623 g/mol. The van der Waals surface area contributed by atoms with E-state index in [0.29, 0.717) is 23.9 Å². The molecule has 6 nitrogen and oxygen atoms in total. The Morgan fingerprint density at radius 1 is 0.640 bits per heavy atom. The molecule has 2 fully saturated rings. The van der Waals surface area contributed by atoms with Gasteiger partial charge in [-0.05, 0) is 92.8 Å². The minimum Gasteiger partial charge on any atom is -0.347 e. The van der Waals surface area contributed by atoms with Crippen LogP contribution in [-0.4, -0.2) is 56.9 Å². The first kappa shape index (κ1) is 33.3. The number of para-hydroxylation sites is 2. The number of hydrogen-bond donors (Lipinski definition) is 0. The first-order chi connectivity index (χ1) is 24.4. The van der Waals surface area contributed by atoms with Gasteiger partial charge in [-0.1, -0.05) is 54.6 Å². The molecule has 50 heavy (non-hydrogen) atoms. The fourth-order valence-corrected chi connectivity index (χ4v) is 7.88. The maximum atomic E-state index is 13.1. The van der Waals surface area contributed by atoms with E-state index in [0.717, 1.165) is 56.7 Å². The molecule has 4 heterocycles. The normalized spacial score (nSPS) is 17.4. The van der Waals surface area contributed by atoms with Gasteiger partial charge in [-0.15, -0.1) is 0 Å². The summed E-state index contributed by atoms with van der Waals surface area (Å²) in [4.78, 5) is 29.5. The van der Waals surface area contributed by atoms with Crippen LogP contribution in [0.3, 0.4) is 0 Å². The zero-order valence-electron chi connectivity index (χ0n) is 29.2. The lowest BCUT2D eigenvalue weighted by atomic mass is 9.98. The molecule has 4 aromatic carbocycles. The Balaban J connectivity index is 0.000000157. The Hall–Kier alpha value is -5.17. The van der Waals surface area contributed by atoms with Crippen molar-refractivity contribution in [2.45, 2.75) is 58.5 Å². The highest BCUT2D eigenvalue weighted by Crippen LogP contribution is 2.36. The lowest BCUT2D eigenvalue weighted by molar-refractivity contribution is 0.0783. The predicted molar refractivity (Wildman–Crippen MR) is 199 cm³/mol. The maximum absolute atomic E-state index is 13.1. The monoisotopic (exact) mass is 668 g/mol. The van der Waals surface area contributed by atoms with Crippen LogP contribution in [0.15, 0.2) is 109 Å². The number of aromatic nitrogens is 2. The molecule has 2 saturated heterocycles. The summed E-state index contributed by atoms with van der Waals surface area (Å²) in [6, 6.07) is 30.8. The summed E-state index contributed by atoms with van der Waals surface area (Å²) in [5, 5.41) is 2.62. The third-order valence-corrected chi connectivity index (χ3v) is 10.6. The zero-order valence-corrected chi connectivity index (χ0v) is 29.2. The van der Waals surface area contributed by atoms with Crippen LogP contribution in [0.25, 0.3) is 21.8 Å². The van der Waals surface area contributed by atoms with Gasteiger partial charge in [-0.25, -0.2) is 4.39 Å². The minimum atomic E-state index is -0.316. The van der Waals surface area contributed by atoms with Gasteiger partial charge in [0.05, 0.1) is 0 Å². The van der Waals surface area contributed by atoms with Crippen molar-refractivity contribution in [2.24, 2.45) is 0 Å². The molecule has 2 atom stereocenters. The highest BCUT2D eigenvalue weighted by atomic mass is 19.1. The van der Waals surface area contributed by atoms with Crippen molar-refractivity contribution in [3.8, 4) is 0 Å². The number of carbonyl (C=O) groups is 2. The van der Waals surface area contributed by atoms with Crippen LogP contribution in [0.1, 0.15) is 75.9 Å². The SMILES string of the molecule is CCn1cc(C2CCN(C(=O)c3ccc(F)cc3)C2)c2ccccc21.CCn1cc(C2CCN(C(=O)c3ccccc3C)C2)c2ccccc21. The van der Waals surface area contributed by atoms with Gasteiger partial charge in [0.1, 0.15) is 5.82 Å². The number of aryl methyl sites for hydroxylation is 3. The van der Waals surface area contributed by atoms with Crippen LogP contribution >= 0.6 is 0 Å². The second kappa shape index (κ2) is 14.4. The lowest BCUT2D eigenvalue weighted by Crippen LogP contribution is -2.29. The summed E-state index contributed by atoms with van der Waals surface area (Å²) in [7, 11) is 0. The fraction of sp³-hybridized carbons (Fsp3) is 0.302. The van der Waals surface area contributed by atoms with E-state index in [4.69, 9.17) is 0 Å². The van der Waals surface area contributed by atoms with E-state index in [2.05, 4.69) is 83.9 Å². The molecule has 0 spiro atoms. The molecule has 0 N–H and O–H groups in total. The Bertz CT molecular complexity index is 2150. The van der Waals surface area contributed by atoms with Crippen LogP contribution < -0.4 is 0 Å². The maximum Gasteiger partial charge on any atom is 0.254 e. The summed E-state index contributed by atoms with van der Waals surface area (Å²) in [5.74, 6) is 0.609. The quantitative estimate of drug-likeness (QED) is 0.178. The van der Waals surface area contributed by atoms with Crippen LogP contribution in [0.2, 0.25) is 0 Å². The van der Waals surface area contributed by atoms with Gasteiger partial charge in [0, 0.05) is 96.4 Å². The average Bonchev–Trinajstić information content (AvgIpc) is 3.96. The van der Waals surface area contributed by atoms with Crippen LogP contribution in [-0.2, 0) is 13.1 Å². The number of benzene rings is 4. The van der Waals surface area contributed by atoms with Gasteiger partial charge in [-0.3, -0.25) is 9.59 Å². The molecule has 2 amide bonds. The molecule has 256 valence electrons. The van der Waals surface area contributed by atoms with Crippen molar-refractivity contribution >= 4 is 33.6 Å². The summed E-state index contributed by atoms with van der Waals surface area (Å²) in [6.07, 6.45) is 6.53. The van der Waals surface area contributed by atoms with Gasteiger partial charge in [0.2, 0.25) is 0 Å². The van der Waals surface area contributed by atoms with Gasteiger partial charge in [-0.2, -0.15) is 0 Å². The van der Waals surface area contributed by atoms with E-state index in [1.165, 1.54) is 45.1 Å². The number of likely N-dealkylation sites (tertiary alicyclic amines) is 2. The molecule has 2 aromatic heterocycles. The number of halogens is 1. The van der Waals surface area contributed by atoms with Crippen LogP contribution in [0.5, 0.6) is 0 Å². The van der Waals surface area contributed by atoms with Gasteiger partial charge >= 0.3 is 0 Å². The summed E-state index contributed by atoms with van der Waals surface area (Å²) >= 11 is 0. The number of fused-ring (bicyclic) bond motifs is 2. The van der Waals surface area contributed by atoms with Crippen molar-refractivity contribution in [1.29, 1.82) is 0 Å². The van der Waals surface area contributed by atoms with E-state index in [1.54, 1.807) is 12.1 Å². The third kappa shape index (κ3) is 6.45. The highest BCUT2D eigenvalue weighted by molar-refractivity contribution is 5.96. The number of amides is 2. The second-order valence-corrected chi connectivity index (χ2v) is 13.6. The molecule has 0 saturated carbocycles. The summed E-state index contributed by atoms with van der Waals surface area (Å²) in [5.41, 5.74) is 7.70. The fourth-order valence-electron chi connectivity index (χ4n) is 7.88.